The van der Waals surface area contributed by atoms with Crippen molar-refractivity contribution in [3.63, 3.8) is 0 Å². The third-order valence-electron chi connectivity index (χ3n) is 9.72. The second kappa shape index (κ2) is 16.1. The monoisotopic (exact) mass is 665 g/mol. The number of benzene rings is 1. The first-order valence-corrected chi connectivity index (χ1v) is 16.3. The summed E-state index contributed by atoms with van der Waals surface area (Å²) in [5.41, 5.74) is -1.23. The van der Waals surface area contributed by atoms with Gasteiger partial charge in [-0.25, -0.2) is 14.4 Å². The molecule has 2 amide bonds. The van der Waals surface area contributed by atoms with Gasteiger partial charge >= 0.3 is 6.18 Å². The van der Waals surface area contributed by atoms with Crippen LogP contribution in [0.3, 0.4) is 0 Å². The number of amides is 2. The SMILES string of the molecule is CNC(=O)CNC1CCCCC1C(C)C(C)Cc1nc(Nc2cc(F)c(C(=O)NC3CCN(C)CC3)cc2OC)ncc1C(F)(F)F. The first-order valence-electron chi connectivity index (χ1n) is 16.3. The minimum absolute atomic E-state index is 0.0346. The van der Waals surface area contributed by atoms with Crippen molar-refractivity contribution < 1.29 is 31.9 Å². The maximum Gasteiger partial charge on any atom is 0.419 e. The molecule has 47 heavy (non-hydrogen) atoms. The van der Waals surface area contributed by atoms with Gasteiger partial charge < -0.3 is 30.9 Å². The fourth-order valence-electron chi connectivity index (χ4n) is 6.67. The molecule has 1 aromatic heterocycles. The van der Waals surface area contributed by atoms with E-state index in [2.05, 4.69) is 36.1 Å². The quantitative estimate of drug-likeness (QED) is 0.236. The highest BCUT2D eigenvalue weighted by Gasteiger charge is 2.37. The van der Waals surface area contributed by atoms with Gasteiger partial charge in [0.15, 0.2) is 0 Å². The van der Waals surface area contributed by atoms with Gasteiger partial charge in [-0.2, -0.15) is 13.2 Å². The summed E-state index contributed by atoms with van der Waals surface area (Å²) in [5.74, 6) is -1.51. The van der Waals surface area contributed by atoms with Gasteiger partial charge in [0.05, 0.1) is 36.2 Å². The van der Waals surface area contributed by atoms with Crippen LogP contribution in [0.2, 0.25) is 0 Å². The number of carbonyl (C=O) groups excluding carboxylic acids is 2. The fourth-order valence-corrected chi connectivity index (χ4v) is 6.67. The van der Waals surface area contributed by atoms with E-state index in [-0.39, 0.29) is 77.4 Å². The molecule has 260 valence electrons. The lowest BCUT2D eigenvalue weighted by Crippen LogP contribution is -2.46. The summed E-state index contributed by atoms with van der Waals surface area (Å²) in [4.78, 5) is 35.1. The summed E-state index contributed by atoms with van der Waals surface area (Å²) in [5, 5.41) is 11.6. The van der Waals surface area contributed by atoms with E-state index in [0.29, 0.717) is 0 Å². The van der Waals surface area contributed by atoms with Crippen LogP contribution in [-0.4, -0.2) is 79.6 Å². The largest absolute Gasteiger partial charge is 0.495 e. The van der Waals surface area contributed by atoms with Gasteiger partial charge in [0.1, 0.15) is 11.6 Å². The average molecular weight is 666 g/mol. The zero-order valence-corrected chi connectivity index (χ0v) is 27.8. The molecule has 1 saturated carbocycles. The van der Waals surface area contributed by atoms with Crippen molar-refractivity contribution >= 4 is 23.5 Å². The minimum Gasteiger partial charge on any atom is -0.495 e. The molecule has 1 aliphatic carbocycles. The number of nitrogens with zero attached hydrogens (tertiary/aromatic N) is 3. The lowest BCUT2D eigenvalue weighted by atomic mass is 9.71. The third kappa shape index (κ3) is 9.53. The summed E-state index contributed by atoms with van der Waals surface area (Å²) in [7, 11) is 4.93. The minimum atomic E-state index is -4.67. The molecule has 4 unspecified atom stereocenters. The van der Waals surface area contributed by atoms with Crippen molar-refractivity contribution in [2.24, 2.45) is 17.8 Å². The van der Waals surface area contributed by atoms with E-state index < -0.39 is 23.5 Å². The molecule has 1 saturated heterocycles. The number of hydrogen-bond acceptors (Lipinski definition) is 8. The molecule has 2 fully saturated rings. The second-order valence-electron chi connectivity index (χ2n) is 12.9. The third-order valence-corrected chi connectivity index (χ3v) is 9.72. The van der Waals surface area contributed by atoms with Gasteiger partial charge in [-0.3, -0.25) is 9.59 Å². The number of carbonyl (C=O) groups is 2. The predicted molar refractivity (Wildman–Crippen MR) is 171 cm³/mol. The molecule has 4 rings (SSSR count). The normalized spacial score (nSPS) is 20.7. The molecule has 2 aromatic rings. The van der Waals surface area contributed by atoms with Gasteiger partial charge in [0, 0.05) is 31.4 Å². The number of aromatic nitrogens is 2. The van der Waals surface area contributed by atoms with Crippen LogP contribution in [-0.2, 0) is 17.4 Å². The molecule has 4 atom stereocenters. The van der Waals surface area contributed by atoms with E-state index in [0.717, 1.165) is 63.9 Å². The maximum atomic E-state index is 15.2. The van der Waals surface area contributed by atoms with Gasteiger partial charge in [0.25, 0.3) is 5.91 Å². The standard InChI is InChI=1S/C33H47F4N7O3/c1-19(20(2)22-8-6-7-9-26(22)39-18-30(45)38-3)14-27-24(33(35,36)37)17-40-32(42-27)43-28-16-25(34)23(15-29(28)47-5)31(46)41-21-10-12-44(4)13-11-21/h15-17,19-22,26,39H,6-14,18H2,1-5H3,(H,38,45)(H,41,46)(H,40,42,43). The Hall–Kier alpha value is -3.52. The molecule has 0 spiro atoms. The predicted octanol–water partition coefficient (Wildman–Crippen LogP) is 4.92. The zero-order valence-electron chi connectivity index (χ0n) is 27.8. The second-order valence-corrected chi connectivity index (χ2v) is 12.9. The number of piperidine rings is 1. The van der Waals surface area contributed by atoms with Crippen LogP contribution in [0.1, 0.15) is 74.0 Å². The number of halogens is 4. The Morgan fingerprint density at radius 3 is 2.47 bits per heavy atom. The number of alkyl halides is 3. The van der Waals surface area contributed by atoms with Crippen LogP contribution in [0.4, 0.5) is 29.2 Å². The van der Waals surface area contributed by atoms with Crippen LogP contribution in [0.5, 0.6) is 5.75 Å². The molecule has 4 N–H and O–H groups in total. The van der Waals surface area contributed by atoms with Gasteiger partial charge in [-0.1, -0.05) is 26.7 Å². The summed E-state index contributed by atoms with van der Waals surface area (Å²) < 4.78 is 63.0. The Bertz CT molecular complexity index is 1380. The highest BCUT2D eigenvalue weighted by atomic mass is 19.4. The van der Waals surface area contributed by atoms with Crippen molar-refractivity contribution in [2.45, 2.75) is 77.1 Å². The average Bonchev–Trinajstić information content (AvgIpc) is 3.04. The molecule has 2 heterocycles. The Morgan fingerprint density at radius 2 is 1.81 bits per heavy atom. The first-order chi connectivity index (χ1) is 22.3. The van der Waals surface area contributed by atoms with Gasteiger partial charge in [-0.05, 0) is 76.1 Å². The van der Waals surface area contributed by atoms with Crippen LogP contribution in [0, 0.1) is 23.6 Å². The number of methoxy groups -OCH3 is 1. The molecule has 0 radical (unpaired) electrons. The molecule has 10 nitrogen and oxygen atoms in total. The molecule has 2 aliphatic rings. The van der Waals surface area contributed by atoms with E-state index in [1.807, 2.05) is 20.9 Å². The molecule has 14 heteroatoms. The summed E-state index contributed by atoms with van der Waals surface area (Å²) in [6, 6.07) is 2.33. The van der Waals surface area contributed by atoms with Gasteiger partial charge in [0.2, 0.25) is 11.9 Å². The highest BCUT2D eigenvalue weighted by molar-refractivity contribution is 5.96. The van der Waals surface area contributed by atoms with E-state index in [1.54, 1.807) is 7.05 Å². The van der Waals surface area contributed by atoms with Crippen molar-refractivity contribution in [3.8, 4) is 5.75 Å². The van der Waals surface area contributed by atoms with E-state index in [4.69, 9.17) is 4.74 Å². The number of rotatable bonds is 12. The molecule has 1 aromatic carbocycles. The molecular formula is C33H47F4N7O3. The van der Waals surface area contributed by atoms with Crippen LogP contribution in [0.25, 0.3) is 0 Å². The highest BCUT2D eigenvalue weighted by Crippen LogP contribution is 2.38. The number of ether oxygens (including phenoxy) is 1. The number of likely N-dealkylation sites (N-methyl/N-ethyl adjacent to an activating group) is 1. The van der Waals surface area contributed by atoms with Crippen LogP contribution >= 0.6 is 0 Å². The first kappa shape index (κ1) is 36.3. The van der Waals surface area contributed by atoms with Crippen molar-refractivity contribution in [3.05, 3.63) is 41.0 Å². The van der Waals surface area contributed by atoms with Crippen molar-refractivity contribution in [1.29, 1.82) is 0 Å². The number of likely N-dealkylation sites (tertiary alicyclic amines) is 1. The van der Waals surface area contributed by atoms with E-state index in [1.165, 1.54) is 13.2 Å². The Labute approximate surface area is 273 Å². The Balaban J connectivity index is 1.52. The van der Waals surface area contributed by atoms with Crippen molar-refractivity contribution in [2.75, 3.05) is 46.2 Å². The fraction of sp³-hybridized carbons (Fsp3) is 0.636. The topological polar surface area (TPSA) is 121 Å². The summed E-state index contributed by atoms with van der Waals surface area (Å²) in [6.07, 6.45) is 1.45. The Kier molecular flexibility index (Phi) is 12.4. The summed E-state index contributed by atoms with van der Waals surface area (Å²) >= 11 is 0. The number of hydrogen-bond donors (Lipinski definition) is 4. The molecule has 1 aliphatic heterocycles. The zero-order chi connectivity index (χ0) is 34.3. The van der Waals surface area contributed by atoms with Crippen LogP contribution < -0.4 is 26.0 Å². The molecular weight excluding hydrogens is 618 g/mol. The lowest BCUT2D eigenvalue weighted by molar-refractivity contribution is -0.138. The van der Waals surface area contributed by atoms with Crippen LogP contribution in [0.15, 0.2) is 18.3 Å². The number of anilines is 2. The van der Waals surface area contributed by atoms with E-state index in [9.17, 15) is 22.8 Å². The molecule has 0 bridgehead atoms. The maximum absolute atomic E-state index is 15.2. The lowest BCUT2D eigenvalue weighted by Gasteiger charge is -2.39. The van der Waals surface area contributed by atoms with Crippen molar-refractivity contribution in [1.82, 2.24) is 30.8 Å². The van der Waals surface area contributed by atoms with Gasteiger partial charge in [-0.15, -0.1) is 0 Å². The van der Waals surface area contributed by atoms with E-state index >= 15 is 4.39 Å². The summed E-state index contributed by atoms with van der Waals surface area (Å²) in [6.45, 7) is 5.79. The Morgan fingerprint density at radius 1 is 1.11 bits per heavy atom. The number of nitrogens with one attached hydrogen (secondary N) is 4. The smallest absolute Gasteiger partial charge is 0.419 e.